The summed E-state index contributed by atoms with van der Waals surface area (Å²) >= 11 is 3.51. The van der Waals surface area contributed by atoms with E-state index >= 15 is 0 Å². The van der Waals surface area contributed by atoms with Crippen LogP contribution in [0.1, 0.15) is 34.1 Å². The molecule has 2 heterocycles. The topological polar surface area (TPSA) is 24.9 Å². The summed E-state index contributed by atoms with van der Waals surface area (Å²) in [5.74, 6) is 0. The van der Waals surface area contributed by atoms with Crippen LogP contribution in [0.3, 0.4) is 0 Å². The second kappa shape index (κ2) is 5.08. The molecule has 1 N–H and O–H groups in total. The van der Waals surface area contributed by atoms with Crippen molar-refractivity contribution in [2.45, 2.75) is 33.4 Å². The number of hydrogen-bond donors (Lipinski definition) is 1. The van der Waals surface area contributed by atoms with E-state index < -0.39 is 0 Å². The lowest BCUT2D eigenvalue weighted by Crippen LogP contribution is -2.18. The van der Waals surface area contributed by atoms with E-state index in [9.17, 15) is 0 Å². The zero-order valence-corrected chi connectivity index (χ0v) is 11.4. The van der Waals surface area contributed by atoms with Crippen molar-refractivity contribution in [1.82, 2.24) is 10.3 Å². The zero-order chi connectivity index (χ0) is 11.5. The second-order valence-corrected chi connectivity index (χ2v) is 6.10. The first kappa shape index (κ1) is 11.8. The predicted molar refractivity (Wildman–Crippen MR) is 71.2 cm³/mol. The Morgan fingerprint density at radius 3 is 2.81 bits per heavy atom. The van der Waals surface area contributed by atoms with Crippen LogP contribution in [-0.2, 0) is 6.54 Å². The van der Waals surface area contributed by atoms with E-state index in [1.165, 1.54) is 16.1 Å². The van der Waals surface area contributed by atoms with Crippen LogP contribution in [0, 0.1) is 13.8 Å². The smallest absolute Gasteiger partial charge is 0.0900 e. The van der Waals surface area contributed by atoms with Gasteiger partial charge in [-0.3, -0.25) is 0 Å². The predicted octanol–water partition coefficient (Wildman–Crippen LogP) is 3.67. The zero-order valence-electron chi connectivity index (χ0n) is 9.78. The number of nitrogens with one attached hydrogen (secondary N) is 1. The van der Waals surface area contributed by atoms with Gasteiger partial charge in [0, 0.05) is 17.5 Å². The first-order valence-electron chi connectivity index (χ1n) is 5.35. The Labute approximate surface area is 104 Å². The first-order valence-corrected chi connectivity index (χ1v) is 7.11. The summed E-state index contributed by atoms with van der Waals surface area (Å²) in [6, 6.07) is 2.48. The SMILES string of the molecule is Cc1nc(C(C)NCc2ccsc2)c(C)s1. The molecule has 2 aromatic rings. The molecule has 2 nitrogen and oxygen atoms in total. The normalized spacial score (nSPS) is 12.9. The highest BCUT2D eigenvalue weighted by atomic mass is 32.1. The summed E-state index contributed by atoms with van der Waals surface area (Å²) in [4.78, 5) is 5.89. The van der Waals surface area contributed by atoms with Crippen molar-refractivity contribution in [2.75, 3.05) is 0 Å². The van der Waals surface area contributed by atoms with Crippen LogP contribution >= 0.6 is 22.7 Å². The van der Waals surface area contributed by atoms with E-state index in [-0.39, 0.29) is 0 Å². The van der Waals surface area contributed by atoms with E-state index in [0.29, 0.717) is 6.04 Å². The first-order chi connectivity index (χ1) is 7.66. The highest BCUT2D eigenvalue weighted by Gasteiger charge is 2.12. The molecule has 0 saturated carbocycles. The van der Waals surface area contributed by atoms with E-state index in [1.807, 2.05) is 0 Å². The Bertz CT molecular complexity index is 446. The third-order valence-corrected chi connectivity index (χ3v) is 4.18. The van der Waals surface area contributed by atoms with Crippen LogP contribution < -0.4 is 5.32 Å². The minimum atomic E-state index is 0.324. The summed E-state index contributed by atoms with van der Waals surface area (Å²) in [6.45, 7) is 7.30. The van der Waals surface area contributed by atoms with Gasteiger partial charge in [-0.25, -0.2) is 4.98 Å². The van der Waals surface area contributed by atoms with Gasteiger partial charge in [-0.15, -0.1) is 11.3 Å². The van der Waals surface area contributed by atoms with Crippen molar-refractivity contribution >= 4 is 22.7 Å². The quantitative estimate of drug-likeness (QED) is 0.898. The Morgan fingerprint density at radius 1 is 1.44 bits per heavy atom. The Balaban J connectivity index is 1.98. The highest BCUT2D eigenvalue weighted by molar-refractivity contribution is 7.11. The molecule has 0 spiro atoms. The summed E-state index contributed by atoms with van der Waals surface area (Å²) in [5.41, 5.74) is 2.54. The molecule has 1 unspecified atom stereocenters. The number of thiophene rings is 1. The van der Waals surface area contributed by atoms with Crippen LogP contribution in [0.25, 0.3) is 0 Å². The largest absolute Gasteiger partial charge is 0.305 e. The standard InChI is InChI=1S/C12H16N2S2/c1-8(12-9(2)16-10(3)14-12)13-6-11-4-5-15-7-11/h4-5,7-8,13H,6H2,1-3H3. The average molecular weight is 252 g/mol. The number of nitrogens with zero attached hydrogens (tertiary/aromatic N) is 1. The summed E-state index contributed by atoms with van der Waals surface area (Å²) < 4.78 is 0. The molecule has 2 aromatic heterocycles. The third-order valence-electron chi connectivity index (χ3n) is 2.54. The Hall–Kier alpha value is -0.710. The van der Waals surface area contributed by atoms with Crippen LogP contribution in [-0.4, -0.2) is 4.98 Å². The van der Waals surface area contributed by atoms with E-state index in [2.05, 4.69) is 47.9 Å². The number of thiazole rings is 1. The Morgan fingerprint density at radius 2 is 2.25 bits per heavy atom. The van der Waals surface area contributed by atoms with Gasteiger partial charge in [0.2, 0.25) is 0 Å². The number of rotatable bonds is 4. The van der Waals surface area contributed by atoms with Gasteiger partial charge >= 0.3 is 0 Å². The molecule has 0 aliphatic rings. The molecule has 86 valence electrons. The maximum absolute atomic E-state index is 4.57. The summed E-state index contributed by atoms with van der Waals surface area (Å²) in [7, 11) is 0. The lowest BCUT2D eigenvalue weighted by atomic mass is 10.2. The lowest BCUT2D eigenvalue weighted by Gasteiger charge is -2.11. The molecule has 2 rings (SSSR count). The maximum atomic E-state index is 4.57. The van der Waals surface area contributed by atoms with Crippen LogP contribution in [0.15, 0.2) is 16.8 Å². The maximum Gasteiger partial charge on any atom is 0.0900 e. The Kier molecular flexibility index (Phi) is 3.74. The second-order valence-electron chi connectivity index (χ2n) is 3.91. The average Bonchev–Trinajstić information content (AvgIpc) is 2.84. The highest BCUT2D eigenvalue weighted by Crippen LogP contribution is 2.22. The van der Waals surface area contributed by atoms with Gasteiger partial charge in [-0.2, -0.15) is 11.3 Å². The van der Waals surface area contributed by atoms with Crippen molar-refractivity contribution in [2.24, 2.45) is 0 Å². The van der Waals surface area contributed by atoms with Gasteiger partial charge in [-0.1, -0.05) is 0 Å². The van der Waals surface area contributed by atoms with Gasteiger partial charge < -0.3 is 5.32 Å². The van der Waals surface area contributed by atoms with Gasteiger partial charge in [0.05, 0.1) is 10.7 Å². The molecule has 0 fully saturated rings. The minimum Gasteiger partial charge on any atom is -0.305 e. The van der Waals surface area contributed by atoms with Gasteiger partial charge in [0.25, 0.3) is 0 Å². The minimum absolute atomic E-state index is 0.324. The molecular formula is C12H16N2S2. The molecular weight excluding hydrogens is 236 g/mol. The number of aryl methyl sites for hydroxylation is 2. The molecule has 0 bridgehead atoms. The van der Waals surface area contributed by atoms with Crippen LogP contribution in [0.5, 0.6) is 0 Å². The van der Waals surface area contributed by atoms with Crippen molar-refractivity contribution in [3.63, 3.8) is 0 Å². The van der Waals surface area contributed by atoms with Crippen molar-refractivity contribution < 1.29 is 0 Å². The molecule has 0 saturated heterocycles. The molecule has 0 aliphatic heterocycles. The molecule has 16 heavy (non-hydrogen) atoms. The molecule has 4 heteroatoms. The fourth-order valence-electron chi connectivity index (χ4n) is 1.71. The number of hydrogen-bond acceptors (Lipinski definition) is 4. The van der Waals surface area contributed by atoms with Crippen LogP contribution in [0.4, 0.5) is 0 Å². The van der Waals surface area contributed by atoms with Gasteiger partial charge in [-0.05, 0) is 43.2 Å². The number of aromatic nitrogens is 1. The molecule has 0 radical (unpaired) electrons. The van der Waals surface area contributed by atoms with Gasteiger partial charge in [0.15, 0.2) is 0 Å². The molecule has 1 atom stereocenters. The van der Waals surface area contributed by atoms with Crippen molar-refractivity contribution in [3.05, 3.63) is 38.0 Å². The van der Waals surface area contributed by atoms with E-state index in [0.717, 1.165) is 11.6 Å². The fraction of sp³-hybridized carbons (Fsp3) is 0.417. The summed E-state index contributed by atoms with van der Waals surface area (Å²) in [6.07, 6.45) is 0. The fourth-order valence-corrected chi connectivity index (χ4v) is 3.29. The summed E-state index contributed by atoms with van der Waals surface area (Å²) in [5, 5.41) is 8.95. The van der Waals surface area contributed by atoms with Crippen molar-refractivity contribution in [1.29, 1.82) is 0 Å². The molecule has 0 aliphatic carbocycles. The molecule has 0 aromatic carbocycles. The van der Waals surface area contributed by atoms with Gasteiger partial charge in [0.1, 0.15) is 0 Å². The lowest BCUT2D eigenvalue weighted by molar-refractivity contribution is 0.562. The van der Waals surface area contributed by atoms with Crippen LogP contribution in [0.2, 0.25) is 0 Å². The van der Waals surface area contributed by atoms with E-state index in [1.54, 1.807) is 22.7 Å². The van der Waals surface area contributed by atoms with E-state index in [4.69, 9.17) is 0 Å². The monoisotopic (exact) mass is 252 g/mol. The van der Waals surface area contributed by atoms with Crippen molar-refractivity contribution in [3.8, 4) is 0 Å². The molecule has 0 amide bonds. The third kappa shape index (κ3) is 2.70.